The molecule has 0 radical (unpaired) electrons. The Bertz CT molecular complexity index is 463. The van der Waals surface area contributed by atoms with Gasteiger partial charge in [0.1, 0.15) is 11.6 Å². The number of carbonyl (C=O) groups excluding carboxylic acids is 2. The van der Waals surface area contributed by atoms with Gasteiger partial charge in [-0.25, -0.2) is 9.59 Å². The number of nitrogens with one attached hydrogen (secondary N) is 2. The lowest BCUT2D eigenvalue weighted by Crippen LogP contribution is -2.52. The molecule has 0 rings (SSSR count). The lowest BCUT2D eigenvalue weighted by atomic mass is 10.1. The van der Waals surface area contributed by atoms with Crippen molar-refractivity contribution in [3.63, 3.8) is 0 Å². The van der Waals surface area contributed by atoms with E-state index in [1.165, 1.54) is 0 Å². The van der Waals surface area contributed by atoms with Crippen LogP contribution in [-0.4, -0.2) is 63.8 Å². The smallest absolute Gasteiger partial charge is 0.326 e. The van der Waals surface area contributed by atoms with Gasteiger partial charge in [0.05, 0.1) is 6.04 Å². The zero-order valence-corrected chi connectivity index (χ0v) is 15.5. The van der Waals surface area contributed by atoms with Gasteiger partial charge in [-0.15, -0.1) is 0 Å². The van der Waals surface area contributed by atoms with Crippen LogP contribution in [0, 0.1) is 0 Å². The Kier molecular flexibility index (Phi) is 10.8. The van der Waals surface area contributed by atoms with Crippen LogP contribution in [0.1, 0.15) is 52.9 Å². The summed E-state index contributed by atoms with van der Waals surface area (Å²) in [7, 11) is 0. The molecule has 0 saturated carbocycles. The number of esters is 1. The van der Waals surface area contributed by atoms with Gasteiger partial charge in [-0.3, -0.25) is 4.79 Å². The summed E-state index contributed by atoms with van der Waals surface area (Å²) in [5, 5.41) is 32.3. The zero-order valence-electron chi connectivity index (χ0n) is 15.5. The van der Waals surface area contributed by atoms with E-state index in [4.69, 9.17) is 15.6 Å². The lowest BCUT2D eigenvalue weighted by molar-refractivity contribution is -0.155. The fraction of sp³-hybridized carbons (Fsp3) is 0.812. The van der Waals surface area contributed by atoms with Gasteiger partial charge in [-0.2, -0.15) is 0 Å². The van der Waals surface area contributed by atoms with Crippen LogP contribution in [0.15, 0.2) is 0 Å². The quantitative estimate of drug-likeness (QED) is 0.161. The highest BCUT2D eigenvalue weighted by atomic mass is 16.6. The van der Waals surface area contributed by atoms with E-state index in [0.29, 0.717) is 19.4 Å². The summed E-state index contributed by atoms with van der Waals surface area (Å²) in [6, 6.07) is -3.14. The maximum Gasteiger partial charge on any atom is 0.326 e. The van der Waals surface area contributed by atoms with Crippen LogP contribution in [-0.2, 0) is 14.3 Å². The first-order chi connectivity index (χ1) is 12.0. The van der Waals surface area contributed by atoms with Gasteiger partial charge in [-0.05, 0) is 53.0 Å². The molecule has 0 spiro atoms. The zero-order chi connectivity index (χ0) is 20.3. The van der Waals surface area contributed by atoms with Crippen LogP contribution in [0.25, 0.3) is 0 Å². The molecule has 2 atom stereocenters. The molecule has 0 aromatic heterocycles. The highest BCUT2D eigenvalue weighted by Gasteiger charge is 2.25. The first kappa shape index (κ1) is 24.1. The molecule has 0 saturated heterocycles. The minimum atomic E-state index is -1.91. The fourth-order valence-corrected chi connectivity index (χ4v) is 2.08. The van der Waals surface area contributed by atoms with Crippen molar-refractivity contribution in [1.29, 1.82) is 0 Å². The Hall–Kier alpha value is -1.91. The Morgan fingerprint density at radius 2 is 1.69 bits per heavy atom. The SMILES string of the molecule is CC(C)(C)OC(=O)CC[C@H](NC(=O)N[C@@H](CCCCN)C(=O)O)C(O)O. The number of rotatable bonds is 11. The molecule has 0 unspecified atom stereocenters. The third kappa shape index (κ3) is 11.6. The first-order valence-corrected chi connectivity index (χ1v) is 8.54. The highest BCUT2D eigenvalue weighted by Crippen LogP contribution is 2.11. The predicted molar refractivity (Wildman–Crippen MR) is 93.1 cm³/mol. The van der Waals surface area contributed by atoms with Gasteiger partial charge in [-0.1, -0.05) is 0 Å². The van der Waals surface area contributed by atoms with E-state index in [2.05, 4.69) is 10.6 Å². The molecule has 10 heteroatoms. The van der Waals surface area contributed by atoms with Crippen molar-refractivity contribution < 1.29 is 34.4 Å². The number of nitrogens with two attached hydrogens (primary N) is 1. The summed E-state index contributed by atoms with van der Waals surface area (Å²) in [6.07, 6.45) is -0.781. The van der Waals surface area contributed by atoms with Crippen molar-refractivity contribution in [2.24, 2.45) is 5.73 Å². The number of urea groups is 1. The van der Waals surface area contributed by atoms with E-state index < -0.39 is 41.9 Å². The van der Waals surface area contributed by atoms with E-state index in [1.807, 2.05) is 0 Å². The molecule has 0 bridgehead atoms. The standard InChI is InChI=1S/C16H31N3O7/c1-16(2,3)26-12(20)8-7-11(14(23)24)19-15(25)18-10(13(21)22)6-4-5-9-17/h10-11,14,23-24H,4-9,17H2,1-3H3,(H,21,22)(H2,18,19,25)/t10-,11-/m0/s1. The van der Waals surface area contributed by atoms with Gasteiger partial charge < -0.3 is 36.4 Å². The van der Waals surface area contributed by atoms with Crippen molar-refractivity contribution in [2.45, 2.75) is 76.9 Å². The van der Waals surface area contributed by atoms with Crippen LogP contribution < -0.4 is 16.4 Å². The molecule has 2 amide bonds. The molecule has 10 nitrogen and oxygen atoms in total. The molecule has 0 heterocycles. The predicted octanol–water partition coefficient (Wildman–Crippen LogP) is -0.331. The summed E-state index contributed by atoms with van der Waals surface area (Å²) in [5.41, 5.74) is 4.67. The number of amides is 2. The van der Waals surface area contributed by atoms with E-state index in [1.54, 1.807) is 20.8 Å². The van der Waals surface area contributed by atoms with E-state index in [-0.39, 0.29) is 19.3 Å². The molecule has 7 N–H and O–H groups in total. The number of carboxylic acid groups (broad SMARTS) is 1. The molecule has 152 valence electrons. The average molecular weight is 377 g/mol. The van der Waals surface area contributed by atoms with Gasteiger partial charge in [0.2, 0.25) is 0 Å². The topological polar surface area (TPSA) is 171 Å². The number of carboxylic acids is 1. The van der Waals surface area contributed by atoms with Gasteiger partial charge in [0.25, 0.3) is 0 Å². The van der Waals surface area contributed by atoms with E-state index in [0.717, 1.165) is 0 Å². The number of carbonyl (C=O) groups is 3. The van der Waals surface area contributed by atoms with Crippen molar-refractivity contribution in [3.8, 4) is 0 Å². The number of aliphatic hydroxyl groups excluding tert-OH is 1. The van der Waals surface area contributed by atoms with Crippen LogP contribution in [0.5, 0.6) is 0 Å². The third-order valence-corrected chi connectivity index (χ3v) is 3.31. The fourth-order valence-electron chi connectivity index (χ4n) is 2.08. The maximum absolute atomic E-state index is 11.9. The number of ether oxygens (including phenoxy) is 1. The second-order valence-electron chi connectivity index (χ2n) is 6.94. The van der Waals surface area contributed by atoms with Gasteiger partial charge in [0, 0.05) is 6.42 Å². The van der Waals surface area contributed by atoms with Crippen molar-refractivity contribution >= 4 is 18.0 Å². The number of hydrogen-bond acceptors (Lipinski definition) is 7. The Morgan fingerprint density at radius 1 is 1.08 bits per heavy atom. The summed E-state index contributed by atoms with van der Waals surface area (Å²) in [5.74, 6) is -1.75. The average Bonchev–Trinajstić information content (AvgIpc) is 2.48. The molecule has 0 aliphatic heterocycles. The Labute approximate surface area is 153 Å². The number of unbranched alkanes of at least 4 members (excludes halogenated alkanes) is 1. The van der Waals surface area contributed by atoms with Gasteiger partial charge >= 0.3 is 18.0 Å². The molecule has 0 aromatic carbocycles. The van der Waals surface area contributed by atoms with Crippen molar-refractivity contribution in [3.05, 3.63) is 0 Å². The van der Waals surface area contributed by atoms with Crippen LogP contribution in [0.2, 0.25) is 0 Å². The molecule has 0 aliphatic carbocycles. The Balaban J connectivity index is 4.56. The number of aliphatic hydroxyl groups is 2. The molecule has 0 fully saturated rings. The minimum absolute atomic E-state index is 0.0785. The van der Waals surface area contributed by atoms with Crippen molar-refractivity contribution in [2.75, 3.05) is 6.54 Å². The second kappa shape index (κ2) is 11.7. The molecule has 26 heavy (non-hydrogen) atoms. The molecule has 0 aliphatic rings. The third-order valence-electron chi connectivity index (χ3n) is 3.31. The van der Waals surface area contributed by atoms with Crippen LogP contribution >= 0.6 is 0 Å². The van der Waals surface area contributed by atoms with Crippen LogP contribution in [0.4, 0.5) is 4.79 Å². The van der Waals surface area contributed by atoms with Gasteiger partial charge in [0.15, 0.2) is 6.29 Å². The monoisotopic (exact) mass is 377 g/mol. The molecular weight excluding hydrogens is 346 g/mol. The summed E-state index contributed by atoms with van der Waals surface area (Å²) in [6.45, 7) is 5.52. The second-order valence-corrected chi connectivity index (χ2v) is 6.94. The largest absolute Gasteiger partial charge is 0.480 e. The van der Waals surface area contributed by atoms with Crippen molar-refractivity contribution in [1.82, 2.24) is 10.6 Å². The normalized spacial score (nSPS) is 13.8. The van der Waals surface area contributed by atoms with Crippen LogP contribution in [0.3, 0.4) is 0 Å². The highest BCUT2D eigenvalue weighted by molar-refractivity contribution is 5.82. The summed E-state index contributed by atoms with van der Waals surface area (Å²) in [4.78, 5) is 34.8. The minimum Gasteiger partial charge on any atom is -0.480 e. The summed E-state index contributed by atoms with van der Waals surface area (Å²) < 4.78 is 5.11. The number of aliphatic carboxylic acids is 1. The maximum atomic E-state index is 11.9. The lowest BCUT2D eigenvalue weighted by Gasteiger charge is -2.23. The van der Waals surface area contributed by atoms with E-state index in [9.17, 15) is 24.6 Å². The van der Waals surface area contributed by atoms with E-state index >= 15 is 0 Å². The first-order valence-electron chi connectivity index (χ1n) is 8.54. The molecule has 0 aromatic rings. The molecular formula is C16H31N3O7. The summed E-state index contributed by atoms with van der Waals surface area (Å²) >= 11 is 0. The Morgan fingerprint density at radius 3 is 2.15 bits per heavy atom. The number of hydrogen-bond donors (Lipinski definition) is 6.